The van der Waals surface area contributed by atoms with Crippen LogP contribution in [0.3, 0.4) is 0 Å². The molecule has 1 saturated heterocycles. The molecule has 1 fully saturated rings. The van der Waals surface area contributed by atoms with Crippen molar-refractivity contribution >= 4 is 67.1 Å². The minimum atomic E-state index is -2.35. The predicted molar refractivity (Wildman–Crippen MR) is 144 cm³/mol. The highest BCUT2D eigenvalue weighted by atomic mass is 79.9. The zero-order valence-electron chi connectivity index (χ0n) is 19.5. The van der Waals surface area contributed by atoms with Crippen LogP contribution in [0.15, 0.2) is 53.1 Å². The highest BCUT2D eigenvalue weighted by Crippen LogP contribution is 2.30. The lowest BCUT2D eigenvalue weighted by atomic mass is 10.2. The molecule has 5 rings (SSSR count). The Kier molecular flexibility index (Phi) is 7.43. The number of nitrogens with one attached hydrogen (secondary N) is 4. The molecule has 2 aromatic heterocycles. The van der Waals surface area contributed by atoms with Crippen LogP contribution in [0.1, 0.15) is 5.56 Å². The van der Waals surface area contributed by atoms with Gasteiger partial charge in [0.15, 0.2) is 5.82 Å². The molecule has 4 N–H and O–H groups in total. The molecule has 4 aromatic rings. The monoisotopic (exact) mass is 570 g/mol. The summed E-state index contributed by atoms with van der Waals surface area (Å²) in [5.74, 6) is 1.93. The molecule has 188 valence electrons. The molecule has 2 aromatic carbocycles. The number of aromatic amines is 1. The van der Waals surface area contributed by atoms with Crippen molar-refractivity contribution in [2.45, 2.75) is 6.54 Å². The lowest BCUT2D eigenvalue weighted by Crippen LogP contribution is -2.44. The lowest BCUT2D eigenvalue weighted by molar-refractivity contribution is 0.312. The Balaban J connectivity index is 1.33. The molecule has 0 spiro atoms. The van der Waals surface area contributed by atoms with Crippen LogP contribution < -0.4 is 20.3 Å². The first-order valence-corrected chi connectivity index (χ1v) is 13.2. The van der Waals surface area contributed by atoms with E-state index in [9.17, 15) is 8.76 Å². The fraction of sp³-hybridized carbons (Fsp3) is 0.261. The number of nitrogens with zero attached hydrogens (tertiary/aromatic N) is 5. The molecule has 1 atom stereocenters. The molecule has 1 aliphatic rings. The van der Waals surface area contributed by atoms with Crippen molar-refractivity contribution in [3.05, 3.63) is 58.7 Å². The minimum absolute atomic E-state index is 0.160. The first-order chi connectivity index (χ1) is 17.5. The standard InChI is InChI=1S/C23H26BrN9O2S/c1-32-8-10-33(11-9-32)22-17-7-6-16(12-20(17)30-31-22)27-23-25-14-18(24)21(29-23)28-19-5-3-2-4-15(19)13-26-36(34)35/h2-7,12,14,26H,8-11,13H2,1H3,(H,30,31)(H,34,35)(H2,25,27,28,29)/p-1. The number of H-pyrrole nitrogens is 1. The Bertz CT molecular complexity index is 1390. The van der Waals surface area contributed by atoms with E-state index >= 15 is 0 Å². The summed E-state index contributed by atoms with van der Waals surface area (Å²) in [5, 5.41) is 15.3. The van der Waals surface area contributed by atoms with Crippen molar-refractivity contribution in [2.24, 2.45) is 0 Å². The van der Waals surface area contributed by atoms with Gasteiger partial charge in [-0.15, -0.1) is 0 Å². The van der Waals surface area contributed by atoms with E-state index in [1.807, 2.05) is 36.4 Å². The van der Waals surface area contributed by atoms with E-state index in [2.05, 4.69) is 74.4 Å². The maximum absolute atomic E-state index is 10.9. The van der Waals surface area contributed by atoms with Crippen LogP contribution in [0, 0.1) is 0 Å². The van der Waals surface area contributed by atoms with Crippen molar-refractivity contribution < 1.29 is 8.76 Å². The number of para-hydroxylation sites is 1. The van der Waals surface area contributed by atoms with Gasteiger partial charge in [-0.05, 0) is 52.8 Å². The smallest absolute Gasteiger partial charge is 0.229 e. The van der Waals surface area contributed by atoms with Crippen LogP contribution in [0.25, 0.3) is 10.9 Å². The SMILES string of the molecule is CN1CCN(c2n[nH]c3cc(Nc4ncc(Br)c(Nc5ccccc5CNS(=O)[O-])n4)ccc23)CC1. The number of rotatable bonds is 8. The molecular weight excluding hydrogens is 546 g/mol. The van der Waals surface area contributed by atoms with E-state index in [4.69, 9.17) is 0 Å². The summed E-state index contributed by atoms with van der Waals surface area (Å²) in [6.45, 7) is 4.10. The number of benzene rings is 2. The van der Waals surface area contributed by atoms with Gasteiger partial charge < -0.3 is 25.0 Å². The zero-order chi connectivity index (χ0) is 25.1. The summed E-state index contributed by atoms with van der Waals surface area (Å²) >= 11 is 1.14. The van der Waals surface area contributed by atoms with Crippen LogP contribution >= 0.6 is 15.9 Å². The fourth-order valence-corrected chi connectivity index (χ4v) is 4.61. The second-order valence-corrected chi connectivity index (χ2v) is 10.1. The summed E-state index contributed by atoms with van der Waals surface area (Å²) < 4.78 is 24.9. The molecule has 1 unspecified atom stereocenters. The molecule has 13 heteroatoms. The highest BCUT2D eigenvalue weighted by Gasteiger charge is 2.19. The van der Waals surface area contributed by atoms with Gasteiger partial charge in [0.1, 0.15) is 5.82 Å². The molecule has 0 aliphatic carbocycles. The number of fused-ring (bicyclic) bond motifs is 1. The summed E-state index contributed by atoms with van der Waals surface area (Å²) in [6.07, 6.45) is 1.66. The maximum Gasteiger partial charge on any atom is 0.229 e. The second-order valence-electron chi connectivity index (χ2n) is 8.45. The van der Waals surface area contributed by atoms with Crippen molar-refractivity contribution in [2.75, 3.05) is 48.8 Å². The van der Waals surface area contributed by atoms with E-state index < -0.39 is 11.3 Å². The van der Waals surface area contributed by atoms with Gasteiger partial charge in [0.05, 0.1) is 9.99 Å². The van der Waals surface area contributed by atoms with Crippen molar-refractivity contribution in [3.63, 3.8) is 0 Å². The summed E-state index contributed by atoms with van der Waals surface area (Å²) in [6, 6.07) is 13.4. The third kappa shape index (κ3) is 5.65. The average Bonchev–Trinajstić information content (AvgIpc) is 3.29. The number of hydrogen-bond acceptors (Lipinski definition) is 9. The predicted octanol–water partition coefficient (Wildman–Crippen LogP) is 3.24. The van der Waals surface area contributed by atoms with Gasteiger partial charge in [-0.3, -0.25) is 9.31 Å². The molecule has 0 amide bonds. The van der Waals surface area contributed by atoms with E-state index in [1.165, 1.54) is 0 Å². The second kappa shape index (κ2) is 10.9. The third-order valence-electron chi connectivity index (χ3n) is 6.00. The van der Waals surface area contributed by atoms with Gasteiger partial charge in [0.25, 0.3) is 0 Å². The molecule has 36 heavy (non-hydrogen) atoms. The molecule has 3 heterocycles. The van der Waals surface area contributed by atoms with Crippen molar-refractivity contribution in [3.8, 4) is 0 Å². The van der Waals surface area contributed by atoms with Crippen LogP contribution in [0.5, 0.6) is 0 Å². The van der Waals surface area contributed by atoms with Gasteiger partial charge >= 0.3 is 0 Å². The van der Waals surface area contributed by atoms with Gasteiger partial charge in [-0.1, -0.05) is 18.2 Å². The van der Waals surface area contributed by atoms with Crippen LogP contribution in [-0.2, 0) is 17.8 Å². The Hall–Kier alpha value is -3.10. The number of piperazine rings is 1. The third-order valence-corrected chi connectivity index (χ3v) is 6.96. The molecule has 0 saturated carbocycles. The van der Waals surface area contributed by atoms with E-state index in [0.29, 0.717) is 16.2 Å². The van der Waals surface area contributed by atoms with E-state index in [-0.39, 0.29) is 6.54 Å². The van der Waals surface area contributed by atoms with Crippen LogP contribution in [0.2, 0.25) is 0 Å². The molecule has 0 radical (unpaired) electrons. The Morgan fingerprint density at radius 3 is 2.75 bits per heavy atom. The molecular formula is C23H25BrN9O2S-. The Labute approximate surface area is 219 Å². The van der Waals surface area contributed by atoms with Crippen LogP contribution in [0.4, 0.5) is 29.0 Å². The van der Waals surface area contributed by atoms with E-state index in [0.717, 1.165) is 59.8 Å². The van der Waals surface area contributed by atoms with Gasteiger partial charge in [-0.2, -0.15) is 10.1 Å². The quantitative estimate of drug-likeness (QED) is 0.235. The Morgan fingerprint density at radius 1 is 1.14 bits per heavy atom. The number of likely N-dealkylation sites (N-methyl/N-ethyl adjacent to an activating group) is 1. The first kappa shape index (κ1) is 24.6. The number of anilines is 5. The van der Waals surface area contributed by atoms with Gasteiger partial charge in [0.2, 0.25) is 5.95 Å². The van der Waals surface area contributed by atoms with E-state index in [1.54, 1.807) is 6.20 Å². The Morgan fingerprint density at radius 2 is 1.94 bits per heavy atom. The van der Waals surface area contributed by atoms with Crippen LogP contribution in [-0.4, -0.2) is 67.1 Å². The zero-order valence-corrected chi connectivity index (χ0v) is 21.9. The maximum atomic E-state index is 10.9. The van der Waals surface area contributed by atoms with Gasteiger partial charge in [-0.25, -0.2) is 9.71 Å². The topological polar surface area (TPSA) is 137 Å². The number of halogens is 1. The fourth-order valence-electron chi connectivity index (χ4n) is 4.05. The van der Waals surface area contributed by atoms with Crippen molar-refractivity contribution in [1.82, 2.24) is 29.8 Å². The molecule has 11 nitrogen and oxygen atoms in total. The molecule has 0 bridgehead atoms. The van der Waals surface area contributed by atoms with Gasteiger partial charge in [0, 0.05) is 66.9 Å². The van der Waals surface area contributed by atoms with Crippen molar-refractivity contribution in [1.29, 1.82) is 0 Å². The number of aromatic nitrogens is 4. The number of hydrogen-bond donors (Lipinski definition) is 4. The first-order valence-electron chi connectivity index (χ1n) is 11.3. The summed E-state index contributed by atoms with van der Waals surface area (Å²) in [5.41, 5.74) is 3.27. The summed E-state index contributed by atoms with van der Waals surface area (Å²) in [7, 11) is 2.14. The normalized spacial score (nSPS) is 15.2. The highest BCUT2D eigenvalue weighted by molar-refractivity contribution is 9.10. The largest absolute Gasteiger partial charge is 0.760 e. The minimum Gasteiger partial charge on any atom is -0.760 e. The summed E-state index contributed by atoms with van der Waals surface area (Å²) in [4.78, 5) is 13.6. The lowest BCUT2D eigenvalue weighted by Gasteiger charge is -2.32. The average molecular weight is 571 g/mol. The molecule has 1 aliphatic heterocycles.